The Balaban J connectivity index is 1.44. The molecule has 0 radical (unpaired) electrons. The topological polar surface area (TPSA) is 83.8 Å². The van der Waals surface area contributed by atoms with Gasteiger partial charge in [-0.1, -0.05) is 41.0 Å². The zero-order chi connectivity index (χ0) is 17.2. The minimum absolute atomic E-state index is 0.219. The van der Waals surface area contributed by atoms with E-state index in [2.05, 4.69) is 20.4 Å². The summed E-state index contributed by atoms with van der Waals surface area (Å²) >= 11 is 5.88. The predicted octanol–water partition coefficient (Wildman–Crippen LogP) is 3.80. The highest BCUT2D eigenvalue weighted by atomic mass is 35.5. The molecule has 25 heavy (non-hydrogen) atoms. The first kappa shape index (κ1) is 15.4. The molecule has 4 aromatic rings. The van der Waals surface area contributed by atoms with Crippen LogP contribution in [0.25, 0.3) is 22.3 Å². The lowest BCUT2D eigenvalue weighted by Gasteiger charge is -1.98. The van der Waals surface area contributed by atoms with Gasteiger partial charge in [-0.3, -0.25) is 4.79 Å². The van der Waals surface area contributed by atoms with Crippen molar-refractivity contribution in [1.82, 2.24) is 20.4 Å². The van der Waals surface area contributed by atoms with E-state index in [0.29, 0.717) is 16.5 Å². The Morgan fingerprint density at radius 1 is 1.16 bits per heavy atom. The number of aromatic amines is 1. The standard InChI is InChI=1S/C18H13ClN4O2/c19-12-7-5-11(6-8-12)16-9-13(25-23-16)10-20-18(24)17-21-14-3-1-2-4-15(14)22-17/h1-9H,10H2,(H,20,24)(H,21,22). The number of benzene rings is 2. The third-order valence-electron chi connectivity index (χ3n) is 3.73. The number of rotatable bonds is 4. The zero-order valence-electron chi connectivity index (χ0n) is 13.0. The van der Waals surface area contributed by atoms with Gasteiger partial charge in [0.15, 0.2) is 11.6 Å². The molecule has 0 aliphatic carbocycles. The average molecular weight is 353 g/mol. The number of halogens is 1. The van der Waals surface area contributed by atoms with E-state index >= 15 is 0 Å². The number of H-pyrrole nitrogens is 1. The van der Waals surface area contributed by atoms with Gasteiger partial charge in [0.2, 0.25) is 0 Å². The van der Waals surface area contributed by atoms with E-state index in [1.165, 1.54) is 0 Å². The number of aromatic nitrogens is 3. The van der Waals surface area contributed by atoms with Gasteiger partial charge in [0.1, 0.15) is 5.69 Å². The van der Waals surface area contributed by atoms with Crippen LogP contribution in [0.5, 0.6) is 0 Å². The number of fused-ring (bicyclic) bond motifs is 1. The number of amides is 1. The lowest BCUT2D eigenvalue weighted by atomic mass is 10.1. The molecule has 1 amide bonds. The fraction of sp³-hybridized carbons (Fsp3) is 0.0556. The number of nitrogens with one attached hydrogen (secondary N) is 2. The van der Waals surface area contributed by atoms with E-state index in [1.807, 2.05) is 36.4 Å². The molecule has 6 nitrogen and oxygen atoms in total. The Hall–Kier alpha value is -3.12. The number of nitrogens with zero attached hydrogens (tertiary/aromatic N) is 2. The maximum Gasteiger partial charge on any atom is 0.287 e. The molecule has 4 rings (SSSR count). The van der Waals surface area contributed by atoms with E-state index in [4.69, 9.17) is 16.1 Å². The summed E-state index contributed by atoms with van der Waals surface area (Å²) in [5.41, 5.74) is 3.14. The molecule has 124 valence electrons. The summed E-state index contributed by atoms with van der Waals surface area (Å²) < 4.78 is 5.27. The molecule has 0 atom stereocenters. The van der Waals surface area contributed by atoms with Gasteiger partial charge in [-0.05, 0) is 24.3 Å². The van der Waals surface area contributed by atoms with E-state index in [1.54, 1.807) is 18.2 Å². The van der Waals surface area contributed by atoms with Crippen LogP contribution >= 0.6 is 11.6 Å². The van der Waals surface area contributed by atoms with Crippen LogP contribution < -0.4 is 5.32 Å². The first-order chi connectivity index (χ1) is 12.2. The highest BCUT2D eigenvalue weighted by Gasteiger charge is 2.13. The Labute approximate surface area is 147 Å². The minimum atomic E-state index is -0.305. The number of carbonyl (C=O) groups excluding carboxylic acids is 1. The summed E-state index contributed by atoms with van der Waals surface area (Å²) in [4.78, 5) is 19.5. The Kier molecular flexibility index (Phi) is 3.95. The zero-order valence-corrected chi connectivity index (χ0v) is 13.7. The fourth-order valence-corrected chi connectivity index (χ4v) is 2.59. The van der Waals surface area contributed by atoms with Gasteiger partial charge >= 0.3 is 0 Å². The van der Waals surface area contributed by atoms with Gasteiger partial charge in [0, 0.05) is 16.7 Å². The second-order valence-electron chi connectivity index (χ2n) is 5.47. The molecule has 0 fully saturated rings. The van der Waals surface area contributed by atoms with Gasteiger partial charge in [0.25, 0.3) is 5.91 Å². The van der Waals surface area contributed by atoms with E-state index in [-0.39, 0.29) is 18.3 Å². The Morgan fingerprint density at radius 2 is 1.96 bits per heavy atom. The van der Waals surface area contributed by atoms with Crippen molar-refractivity contribution in [3.05, 3.63) is 71.2 Å². The van der Waals surface area contributed by atoms with Gasteiger partial charge in [-0.25, -0.2) is 4.98 Å². The van der Waals surface area contributed by atoms with Crippen LogP contribution in [0.15, 0.2) is 59.1 Å². The van der Waals surface area contributed by atoms with Crippen LogP contribution in [-0.4, -0.2) is 21.0 Å². The molecule has 0 saturated carbocycles. The molecule has 2 aromatic carbocycles. The number of hydrogen-bond donors (Lipinski definition) is 2. The van der Waals surface area contributed by atoms with Crippen LogP contribution in [0, 0.1) is 0 Å². The van der Waals surface area contributed by atoms with Crippen LogP contribution in [0.4, 0.5) is 0 Å². The molecule has 0 spiro atoms. The normalized spacial score (nSPS) is 10.9. The van der Waals surface area contributed by atoms with Crippen molar-refractivity contribution in [1.29, 1.82) is 0 Å². The largest absolute Gasteiger partial charge is 0.359 e. The van der Waals surface area contributed by atoms with Crippen LogP contribution in [-0.2, 0) is 6.54 Å². The van der Waals surface area contributed by atoms with Crippen molar-refractivity contribution in [3.63, 3.8) is 0 Å². The number of hydrogen-bond acceptors (Lipinski definition) is 4. The first-order valence-electron chi connectivity index (χ1n) is 7.63. The maximum atomic E-state index is 12.2. The quantitative estimate of drug-likeness (QED) is 0.585. The molecule has 2 N–H and O–H groups in total. The molecular weight excluding hydrogens is 340 g/mol. The molecular formula is C18H13ClN4O2. The second kappa shape index (κ2) is 6.41. The summed E-state index contributed by atoms with van der Waals surface area (Å²) in [7, 11) is 0. The van der Waals surface area contributed by atoms with Crippen LogP contribution in [0.1, 0.15) is 16.4 Å². The molecule has 0 unspecified atom stereocenters. The van der Waals surface area contributed by atoms with E-state index in [9.17, 15) is 4.79 Å². The molecule has 2 heterocycles. The number of para-hydroxylation sites is 2. The summed E-state index contributed by atoms with van der Waals surface area (Å²) in [6, 6.07) is 16.5. The van der Waals surface area contributed by atoms with Crippen molar-refractivity contribution in [2.24, 2.45) is 0 Å². The summed E-state index contributed by atoms with van der Waals surface area (Å²) in [5, 5.41) is 7.43. The van der Waals surface area contributed by atoms with Gasteiger partial charge in [-0.2, -0.15) is 0 Å². The van der Waals surface area contributed by atoms with Gasteiger partial charge in [-0.15, -0.1) is 0 Å². The Morgan fingerprint density at radius 3 is 2.76 bits per heavy atom. The SMILES string of the molecule is O=C(NCc1cc(-c2ccc(Cl)cc2)no1)c1nc2ccccc2[nH]1. The molecule has 0 bridgehead atoms. The summed E-state index contributed by atoms with van der Waals surface area (Å²) in [5.74, 6) is 0.508. The molecule has 2 aromatic heterocycles. The molecule has 7 heteroatoms. The third kappa shape index (κ3) is 3.25. The van der Waals surface area contributed by atoms with Crippen molar-refractivity contribution < 1.29 is 9.32 Å². The fourth-order valence-electron chi connectivity index (χ4n) is 2.46. The monoisotopic (exact) mass is 352 g/mol. The van der Waals surface area contributed by atoms with Crippen LogP contribution in [0.3, 0.4) is 0 Å². The number of imidazole rings is 1. The van der Waals surface area contributed by atoms with Crippen molar-refractivity contribution in [2.75, 3.05) is 0 Å². The van der Waals surface area contributed by atoms with Crippen molar-refractivity contribution >= 4 is 28.5 Å². The molecule has 0 saturated heterocycles. The molecule has 0 aliphatic rings. The summed E-state index contributed by atoms with van der Waals surface area (Å²) in [6.07, 6.45) is 0. The van der Waals surface area contributed by atoms with E-state index < -0.39 is 0 Å². The lowest BCUT2D eigenvalue weighted by Crippen LogP contribution is -2.23. The predicted molar refractivity (Wildman–Crippen MR) is 94.2 cm³/mol. The summed E-state index contributed by atoms with van der Waals surface area (Å²) in [6.45, 7) is 0.219. The lowest BCUT2D eigenvalue weighted by molar-refractivity contribution is 0.0938. The van der Waals surface area contributed by atoms with Crippen LogP contribution in [0.2, 0.25) is 5.02 Å². The third-order valence-corrected chi connectivity index (χ3v) is 3.98. The van der Waals surface area contributed by atoms with Crippen molar-refractivity contribution in [3.8, 4) is 11.3 Å². The number of carbonyl (C=O) groups is 1. The Bertz CT molecular complexity index is 1000. The minimum Gasteiger partial charge on any atom is -0.359 e. The maximum absolute atomic E-state index is 12.2. The highest BCUT2D eigenvalue weighted by molar-refractivity contribution is 6.30. The molecule has 0 aliphatic heterocycles. The average Bonchev–Trinajstić information content (AvgIpc) is 3.27. The second-order valence-corrected chi connectivity index (χ2v) is 5.91. The van der Waals surface area contributed by atoms with Gasteiger partial charge in [0.05, 0.1) is 17.6 Å². The first-order valence-corrected chi connectivity index (χ1v) is 8.01. The highest BCUT2D eigenvalue weighted by Crippen LogP contribution is 2.21. The van der Waals surface area contributed by atoms with Crippen molar-refractivity contribution in [2.45, 2.75) is 6.54 Å². The smallest absolute Gasteiger partial charge is 0.287 e. The van der Waals surface area contributed by atoms with E-state index in [0.717, 1.165) is 16.6 Å². The van der Waals surface area contributed by atoms with Gasteiger partial charge < -0.3 is 14.8 Å².